The summed E-state index contributed by atoms with van der Waals surface area (Å²) in [5.41, 5.74) is 1.22. The maximum atomic E-state index is 12.2. The van der Waals surface area contributed by atoms with Gasteiger partial charge in [-0.15, -0.1) is 0 Å². The molecule has 112 valence electrons. The zero-order valence-electron chi connectivity index (χ0n) is 11.8. The lowest BCUT2D eigenvalue weighted by atomic mass is 10.1. The molecule has 0 saturated heterocycles. The van der Waals surface area contributed by atoms with Crippen LogP contribution in [-0.2, 0) is 6.54 Å². The van der Waals surface area contributed by atoms with Crippen LogP contribution in [0.4, 0.5) is 13.2 Å². The largest absolute Gasteiger partial charge is 0.496 e. The van der Waals surface area contributed by atoms with Gasteiger partial charge in [0.1, 0.15) is 5.75 Å². The average molecular weight is 289 g/mol. The Labute approximate surface area is 116 Å². The van der Waals surface area contributed by atoms with Crippen molar-refractivity contribution in [2.45, 2.75) is 26.1 Å². The van der Waals surface area contributed by atoms with E-state index in [0.29, 0.717) is 23.4 Å². The third kappa shape index (κ3) is 5.21. The lowest BCUT2D eigenvalue weighted by molar-refractivity contribution is -0.137. The number of nitrogens with zero attached hydrogens (tertiary/aromatic N) is 1. The van der Waals surface area contributed by atoms with Crippen molar-refractivity contribution in [3.8, 4) is 5.75 Å². The van der Waals surface area contributed by atoms with E-state index in [1.807, 2.05) is 0 Å². The number of methoxy groups -OCH3 is 1. The molecule has 0 heterocycles. The van der Waals surface area contributed by atoms with Crippen LogP contribution < -0.4 is 4.74 Å². The van der Waals surface area contributed by atoms with Gasteiger partial charge in [0, 0.05) is 24.2 Å². The van der Waals surface area contributed by atoms with Gasteiger partial charge in [-0.05, 0) is 32.2 Å². The highest BCUT2D eigenvalue weighted by Crippen LogP contribution is 2.23. The van der Waals surface area contributed by atoms with E-state index >= 15 is 0 Å². The Balaban J connectivity index is 2.79. The van der Waals surface area contributed by atoms with E-state index in [9.17, 15) is 18.0 Å². The van der Waals surface area contributed by atoms with Crippen molar-refractivity contribution in [2.75, 3.05) is 20.7 Å². The van der Waals surface area contributed by atoms with Gasteiger partial charge in [-0.25, -0.2) is 0 Å². The molecule has 0 unspecified atom stereocenters. The number of Topliss-reactive ketones (excluding diaryl/α,β-unsaturated/α-hetero) is 1. The molecular formula is C14H18F3NO2. The number of benzene rings is 1. The number of rotatable bonds is 6. The second kappa shape index (κ2) is 6.74. The molecule has 0 aliphatic heterocycles. The molecule has 0 atom stereocenters. The van der Waals surface area contributed by atoms with Crippen molar-refractivity contribution in [1.29, 1.82) is 0 Å². The monoisotopic (exact) mass is 289 g/mol. The topological polar surface area (TPSA) is 29.5 Å². The predicted molar refractivity (Wildman–Crippen MR) is 70.0 cm³/mol. The van der Waals surface area contributed by atoms with Crippen LogP contribution in [0.15, 0.2) is 18.2 Å². The first kappa shape index (κ1) is 16.5. The van der Waals surface area contributed by atoms with Gasteiger partial charge in [0.2, 0.25) is 0 Å². The lowest BCUT2D eigenvalue weighted by Gasteiger charge is -2.19. The zero-order chi connectivity index (χ0) is 15.3. The van der Waals surface area contributed by atoms with E-state index in [4.69, 9.17) is 4.74 Å². The lowest BCUT2D eigenvalue weighted by Crippen LogP contribution is -2.24. The van der Waals surface area contributed by atoms with Crippen LogP contribution in [0.25, 0.3) is 0 Å². The van der Waals surface area contributed by atoms with Gasteiger partial charge in [-0.2, -0.15) is 13.2 Å². The van der Waals surface area contributed by atoms with Gasteiger partial charge in [0.05, 0.1) is 13.5 Å². The van der Waals surface area contributed by atoms with Crippen LogP contribution in [0.2, 0.25) is 0 Å². The predicted octanol–water partition coefficient (Wildman–Crippen LogP) is 3.28. The summed E-state index contributed by atoms with van der Waals surface area (Å²) in [5, 5.41) is 0. The molecular weight excluding hydrogens is 271 g/mol. The second-order valence-corrected chi connectivity index (χ2v) is 4.69. The van der Waals surface area contributed by atoms with E-state index in [1.165, 1.54) is 14.0 Å². The fraction of sp³-hybridized carbons (Fsp3) is 0.500. The Morgan fingerprint density at radius 2 is 2.00 bits per heavy atom. The highest BCUT2D eigenvalue weighted by atomic mass is 19.4. The molecule has 0 aliphatic rings. The smallest absolute Gasteiger partial charge is 0.390 e. The van der Waals surface area contributed by atoms with E-state index in [1.54, 1.807) is 30.1 Å². The fourth-order valence-corrected chi connectivity index (χ4v) is 1.81. The maximum absolute atomic E-state index is 12.2. The Morgan fingerprint density at radius 3 is 2.50 bits per heavy atom. The number of alkyl halides is 3. The van der Waals surface area contributed by atoms with E-state index in [0.717, 1.165) is 0 Å². The summed E-state index contributed by atoms with van der Waals surface area (Å²) in [7, 11) is 3.09. The maximum Gasteiger partial charge on any atom is 0.390 e. The van der Waals surface area contributed by atoms with Crippen molar-refractivity contribution >= 4 is 5.78 Å². The number of hydrogen-bond donors (Lipinski definition) is 0. The standard InChI is InChI=1S/C14H18F3NO2/c1-10(19)11-4-5-13(20-3)12(8-11)9-18(2)7-6-14(15,16)17/h4-5,8H,6-7,9H2,1-3H3. The summed E-state index contributed by atoms with van der Waals surface area (Å²) in [6.07, 6.45) is -5.03. The molecule has 0 N–H and O–H groups in total. The molecule has 3 nitrogen and oxygen atoms in total. The zero-order valence-corrected chi connectivity index (χ0v) is 11.8. The van der Waals surface area contributed by atoms with Crippen molar-refractivity contribution in [3.05, 3.63) is 29.3 Å². The average Bonchev–Trinajstić information content (AvgIpc) is 2.35. The van der Waals surface area contributed by atoms with Gasteiger partial charge in [0.25, 0.3) is 0 Å². The van der Waals surface area contributed by atoms with Gasteiger partial charge in [0.15, 0.2) is 5.78 Å². The number of ether oxygens (including phenoxy) is 1. The number of ketones is 1. The highest BCUT2D eigenvalue weighted by molar-refractivity contribution is 5.94. The number of carbonyl (C=O) groups is 1. The molecule has 0 fully saturated rings. The quantitative estimate of drug-likeness (QED) is 0.753. The van der Waals surface area contributed by atoms with Crippen molar-refractivity contribution in [1.82, 2.24) is 4.90 Å². The molecule has 0 aromatic heterocycles. The second-order valence-electron chi connectivity index (χ2n) is 4.69. The van der Waals surface area contributed by atoms with E-state index < -0.39 is 12.6 Å². The summed E-state index contributed by atoms with van der Waals surface area (Å²) in [6, 6.07) is 4.95. The minimum absolute atomic E-state index is 0.0909. The van der Waals surface area contributed by atoms with Gasteiger partial charge >= 0.3 is 6.18 Å². The Morgan fingerprint density at radius 1 is 1.35 bits per heavy atom. The third-order valence-corrected chi connectivity index (χ3v) is 2.90. The summed E-state index contributed by atoms with van der Waals surface area (Å²) in [6.45, 7) is 1.64. The van der Waals surface area contributed by atoms with Crippen LogP contribution in [0.1, 0.15) is 29.3 Å². The van der Waals surface area contributed by atoms with Crippen molar-refractivity contribution in [2.24, 2.45) is 0 Å². The molecule has 0 radical (unpaired) electrons. The molecule has 1 rings (SSSR count). The number of halogens is 3. The molecule has 0 bridgehead atoms. The summed E-state index contributed by atoms with van der Waals surface area (Å²) in [5.74, 6) is 0.473. The Bertz CT molecular complexity index is 472. The molecule has 0 amide bonds. The molecule has 1 aromatic carbocycles. The van der Waals surface area contributed by atoms with E-state index in [2.05, 4.69) is 0 Å². The third-order valence-electron chi connectivity index (χ3n) is 2.90. The van der Waals surface area contributed by atoms with Gasteiger partial charge in [-0.3, -0.25) is 4.79 Å². The highest BCUT2D eigenvalue weighted by Gasteiger charge is 2.27. The summed E-state index contributed by atoms with van der Waals surface area (Å²) in [4.78, 5) is 12.9. The molecule has 20 heavy (non-hydrogen) atoms. The Kier molecular flexibility index (Phi) is 5.56. The first-order valence-electron chi connectivity index (χ1n) is 6.16. The normalized spacial score (nSPS) is 11.8. The van der Waals surface area contributed by atoms with Crippen molar-refractivity contribution < 1.29 is 22.7 Å². The molecule has 1 aromatic rings. The Hall–Kier alpha value is -1.56. The van der Waals surface area contributed by atoms with Crippen LogP contribution >= 0.6 is 0 Å². The van der Waals surface area contributed by atoms with Crippen LogP contribution in [0, 0.1) is 0 Å². The van der Waals surface area contributed by atoms with E-state index in [-0.39, 0.29) is 12.3 Å². The van der Waals surface area contributed by atoms with Crippen molar-refractivity contribution in [3.63, 3.8) is 0 Å². The molecule has 0 spiro atoms. The van der Waals surface area contributed by atoms with Crippen LogP contribution in [-0.4, -0.2) is 37.6 Å². The fourth-order valence-electron chi connectivity index (χ4n) is 1.81. The van der Waals surface area contributed by atoms with Crippen LogP contribution in [0.5, 0.6) is 5.75 Å². The summed E-state index contributed by atoms with van der Waals surface area (Å²) >= 11 is 0. The first-order valence-corrected chi connectivity index (χ1v) is 6.16. The minimum atomic E-state index is -4.17. The molecule has 6 heteroatoms. The SMILES string of the molecule is COc1ccc(C(C)=O)cc1CN(C)CCC(F)(F)F. The first-order chi connectivity index (χ1) is 9.23. The molecule has 0 aliphatic carbocycles. The van der Waals surface area contributed by atoms with Gasteiger partial charge in [-0.1, -0.05) is 0 Å². The van der Waals surface area contributed by atoms with Crippen LogP contribution in [0.3, 0.4) is 0 Å². The number of hydrogen-bond acceptors (Lipinski definition) is 3. The van der Waals surface area contributed by atoms with Gasteiger partial charge < -0.3 is 9.64 Å². The number of carbonyl (C=O) groups excluding carboxylic acids is 1. The minimum Gasteiger partial charge on any atom is -0.496 e. The summed E-state index contributed by atoms with van der Waals surface area (Å²) < 4.78 is 41.7. The molecule has 0 saturated carbocycles.